The molecule has 23 heavy (non-hydrogen) atoms. The van der Waals surface area contributed by atoms with E-state index in [1.54, 1.807) is 11.8 Å². The molecule has 0 heterocycles. The summed E-state index contributed by atoms with van der Waals surface area (Å²) < 4.78 is 0. The Kier molecular flexibility index (Phi) is 12.0. The Labute approximate surface area is 147 Å². The monoisotopic (exact) mass is 334 g/mol. The van der Waals surface area contributed by atoms with Crippen molar-refractivity contribution in [2.45, 2.75) is 88.9 Å². The molecule has 0 bridgehead atoms. The molecule has 130 valence electrons. The largest absolute Gasteiger partial charge is 0.294 e. The van der Waals surface area contributed by atoms with E-state index in [-0.39, 0.29) is 0 Å². The van der Waals surface area contributed by atoms with Crippen molar-refractivity contribution in [2.75, 3.05) is 6.26 Å². The summed E-state index contributed by atoms with van der Waals surface area (Å²) in [7, 11) is 0. The fourth-order valence-corrected chi connectivity index (χ4v) is 3.35. The van der Waals surface area contributed by atoms with Gasteiger partial charge in [-0.3, -0.25) is 4.79 Å². The van der Waals surface area contributed by atoms with Crippen LogP contribution in [0.3, 0.4) is 0 Å². The molecule has 0 aliphatic heterocycles. The molecule has 1 rings (SSSR count). The van der Waals surface area contributed by atoms with Crippen LogP contribution >= 0.6 is 11.8 Å². The summed E-state index contributed by atoms with van der Waals surface area (Å²) in [6, 6.07) is 8.01. The number of unbranched alkanes of at least 4 members (excludes halogenated alkanes) is 10. The molecule has 0 saturated heterocycles. The quantitative estimate of drug-likeness (QED) is 0.202. The standard InChI is InChI=1S/C21H34OS/c1-3-4-5-6-7-8-9-10-11-12-13-17-21(22)19-15-14-16-20(18-19)23-2/h14-16,18H,3-13,17H2,1-2H3. The third kappa shape index (κ3) is 9.86. The van der Waals surface area contributed by atoms with Crippen LogP contribution in [0.25, 0.3) is 0 Å². The lowest BCUT2D eigenvalue weighted by Crippen LogP contribution is -1.98. The topological polar surface area (TPSA) is 17.1 Å². The van der Waals surface area contributed by atoms with Crippen molar-refractivity contribution in [1.82, 2.24) is 0 Å². The molecule has 1 aromatic carbocycles. The first-order valence-electron chi connectivity index (χ1n) is 9.45. The van der Waals surface area contributed by atoms with Crippen molar-refractivity contribution in [1.29, 1.82) is 0 Å². The van der Waals surface area contributed by atoms with Gasteiger partial charge in [0.2, 0.25) is 0 Å². The molecule has 0 unspecified atom stereocenters. The van der Waals surface area contributed by atoms with E-state index in [0.717, 1.165) is 12.0 Å². The van der Waals surface area contributed by atoms with Gasteiger partial charge in [0.05, 0.1) is 0 Å². The average molecular weight is 335 g/mol. The van der Waals surface area contributed by atoms with Gasteiger partial charge in [-0.05, 0) is 24.8 Å². The van der Waals surface area contributed by atoms with Crippen molar-refractivity contribution in [3.8, 4) is 0 Å². The minimum Gasteiger partial charge on any atom is -0.294 e. The molecular weight excluding hydrogens is 300 g/mol. The van der Waals surface area contributed by atoms with E-state index in [1.807, 2.05) is 24.5 Å². The van der Waals surface area contributed by atoms with Gasteiger partial charge in [0, 0.05) is 16.9 Å². The zero-order chi connectivity index (χ0) is 16.8. The molecule has 0 aromatic heterocycles. The van der Waals surface area contributed by atoms with Crippen LogP contribution in [0.5, 0.6) is 0 Å². The number of rotatable bonds is 14. The molecule has 0 amide bonds. The number of Topliss-reactive ketones (excluding diaryl/α,β-unsaturated/α-hetero) is 1. The molecule has 0 atom stereocenters. The van der Waals surface area contributed by atoms with Gasteiger partial charge in [0.25, 0.3) is 0 Å². The molecule has 0 fully saturated rings. The molecule has 2 heteroatoms. The highest BCUT2D eigenvalue weighted by molar-refractivity contribution is 7.98. The lowest BCUT2D eigenvalue weighted by molar-refractivity contribution is 0.0979. The van der Waals surface area contributed by atoms with Crippen molar-refractivity contribution in [3.05, 3.63) is 29.8 Å². The van der Waals surface area contributed by atoms with E-state index in [2.05, 4.69) is 13.0 Å². The third-order valence-corrected chi connectivity index (χ3v) is 5.12. The van der Waals surface area contributed by atoms with Crippen molar-refractivity contribution in [3.63, 3.8) is 0 Å². The molecule has 0 aliphatic rings. The van der Waals surface area contributed by atoms with Gasteiger partial charge in [-0.15, -0.1) is 11.8 Å². The SMILES string of the molecule is CCCCCCCCCCCCCC(=O)c1cccc(SC)c1. The zero-order valence-corrected chi connectivity index (χ0v) is 15.9. The lowest BCUT2D eigenvalue weighted by Gasteiger charge is -2.04. The Hall–Kier alpha value is -0.760. The summed E-state index contributed by atoms with van der Waals surface area (Å²) in [5.41, 5.74) is 0.879. The highest BCUT2D eigenvalue weighted by Gasteiger charge is 2.06. The van der Waals surface area contributed by atoms with Crippen LogP contribution in [0.2, 0.25) is 0 Å². The van der Waals surface area contributed by atoms with Crippen LogP contribution in [-0.2, 0) is 0 Å². The maximum absolute atomic E-state index is 12.2. The van der Waals surface area contributed by atoms with E-state index in [1.165, 1.54) is 69.1 Å². The van der Waals surface area contributed by atoms with E-state index >= 15 is 0 Å². The predicted molar refractivity (Wildman–Crippen MR) is 104 cm³/mol. The second-order valence-corrected chi connectivity index (χ2v) is 7.32. The fourth-order valence-electron chi connectivity index (χ4n) is 2.89. The molecular formula is C21H34OS. The van der Waals surface area contributed by atoms with E-state index < -0.39 is 0 Å². The highest BCUT2D eigenvalue weighted by atomic mass is 32.2. The summed E-state index contributed by atoms with van der Waals surface area (Å²) >= 11 is 1.69. The van der Waals surface area contributed by atoms with E-state index in [4.69, 9.17) is 0 Å². The second-order valence-electron chi connectivity index (χ2n) is 6.44. The summed E-state index contributed by atoms with van der Waals surface area (Å²) in [6.07, 6.45) is 17.3. The lowest BCUT2D eigenvalue weighted by atomic mass is 10.0. The molecule has 0 radical (unpaired) electrons. The van der Waals surface area contributed by atoms with Crippen LogP contribution in [0.4, 0.5) is 0 Å². The van der Waals surface area contributed by atoms with Gasteiger partial charge >= 0.3 is 0 Å². The minimum absolute atomic E-state index is 0.303. The average Bonchev–Trinajstić information content (AvgIpc) is 2.59. The number of hydrogen-bond donors (Lipinski definition) is 0. The number of thioether (sulfide) groups is 1. The van der Waals surface area contributed by atoms with Crippen LogP contribution in [0.1, 0.15) is 94.3 Å². The van der Waals surface area contributed by atoms with Crippen molar-refractivity contribution >= 4 is 17.5 Å². The summed E-state index contributed by atoms with van der Waals surface area (Å²) in [5.74, 6) is 0.303. The van der Waals surface area contributed by atoms with E-state index in [0.29, 0.717) is 12.2 Å². The molecule has 0 saturated carbocycles. The zero-order valence-electron chi connectivity index (χ0n) is 15.1. The molecule has 0 N–H and O–H groups in total. The summed E-state index contributed by atoms with van der Waals surface area (Å²) in [5, 5.41) is 0. The summed E-state index contributed by atoms with van der Waals surface area (Å²) in [6.45, 7) is 2.27. The first-order chi connectivity index (χ1) is 11.3. The van der Waals surface area contributed by atoms with Gasteiger partial charge < -0.3 is 0 Å². The van der Waals surface area contributed by atoms with Crippen LogP contribution in [0, 0.1) is 0 Å². The smallest absolute Gasteiger partial charge is 0.162 e. The van der Waals surface area contributed by atoms with E-state index in [9.17, 15) is 4.79 Å². The van der Waals surface area contributed by atoms with Gasteiger partial charge in [-0.25, -0.2) is 0 Å². The molecule has 1 nitrogen and oxygen atoms in total. The Morgan fingerprint density at radius 2 is 1.43 bits per heavy atom. The van der Waals surface area contributed by atoms with Crippen molar-refractivity contribution in [2.24, 2.45) is 0 Å². The van der Waals surface area contributed by atoms with Crippen molar-refractivity contribution < 1.29 is 4.79 Å². The molecule has 0 spiro atoms. The normalized spacial score (nSPS) is 10.9. The Balaban J connectivity index is 1.99. The number of ketones is 1. The maximum atomic E-state index is 12.2. The Bertz CT molecular complexity index is 428. The first kappa shape index (κ1) is 20.3. The Morgan fingerprint density at radius 1 is 0.870 bits per heavy atom. The Morgan fingerprint density at radius 3 is 2.00 bits per heavy atom. The number of carbonyl (C=O) groups is 1. The van der Waals surface area contributed by atoms with Crippen LogP contribution in [0.15, 0.2) is 29.2 Å². The van der Waals surface area contributed by atoms with Crippen LogP contribution in [-0.4, -0.2) is 12.0 Å². The predicted octanol–water partition coefficient (Wildman–Crippen LogP) is 7.29. The minimum atomic E-state index is 0.303. The van der Waals surface area contributed by atoms with Gasteiger partial charge in [-0.1, -0.05) is 83.3 Å². The number of hydrogen-bond acceptors (Lipinski definition) is 2. The summed E-state index contributed by atoms with van der Waals surface area (Å²) in [4.78, 5) is 13.3. The first-order valence-corrected chi connectivity index (χ1v) is 10.7. The van der Waals surface area contributed by atoms with Gasteiger partial charge in [-0.2, -0.15) is 0 Å². The fraction of sp³-hybridized carbons (Fsp3) is 0.667. The number of carbonyl (C=O) groups excluding carboxylic acids is 1. The van der Waals surface area contributed by atoms with Gasteiger partial charge in [0.1, 0.15) is 0 Å². The molecule has 0 aliphatic carbocycles. The van der Waals surface area contributed by atoms with Crippen LogP contribution < -0.4 is 0 Å². The maximum Gasteiger partial charge on any atom is 0.162 e. The number of benzene rings is 1. The second kappa shape index (κ2) is 13.7. The highest BCUT2D eigenvalue weighted by Crippen LogP contribution is 2.18. The molecule has 1 aromatic rings. The van der Waals surface area contributed by atoms with Gasteiger partial charge in [0.15, 0.2) is 5.78 Å². The third-order valence-electron chi connectivity index (χ3n) is 4.40.